The van der Waals surface area contributed by atoms with Crippen LogP contribution in [-0.2, 0) is 14.6 Å². The third kappa shape index (κ3) is 3.78. The minimum atomic E-state index is -3.21. The van der Waals surface area contributed by atoms with Gasteiger partial charge >= 0.3 is 0 Å². The van der Waals surface area contributed by atoms with Crippen LogP contribution >= 0.6 is 0 Å². The van der Waals surface area contributed by atoms with Crippen LogP contribution in [0.1, 0.15) is 27.2 Å². The van der Waals surface area contributed by atoms with Crippen LogP contribution in [-0.4, -0.2) is 25.6 Å². The molecule has 6 heteroatoms. The van der Waals surface area contributed by atoms with E-state index in [0.717, 1.165) is 0 Å². The Balaban J connectivity index is 2.87. The van der Waals surface area contributed by atoms with Crippen LogP contribution < -0.4 is 11.1 Å². The van der Waals surface area contributed by atoms with Crippen LogP contribution in [0.4, 0.5) is 5.69 Å². The van der Waals surface area contributed by atoms with Crippen LogP contribution in [0.15, 0.2) is 29.2 Å². The Hall–Kier alpha value is -1.40. The SMILES string of the molecule is CCC(C)(N)C(=O)Nc1ccc(S(=O)(=O)CC)cc1. The smallest absolute Gasteiger partial charge is 0.244 e. The van der Waals surface area contributed by atoms with Gasteiger partial charge in [-0.05, 0) is 37.6 Å². The molecular formula is C13H20N2O3S. The van der Waals surface area contributed by atoms with Gasteiger partial charge in [0.2, 0.25) is 5.91 Å². The molecule has 1 unspecified atom stereocenters. The van der Waals surface area contributed by atoms with E-state index in [0.29, 0.717) is 12.1 Å². The Morgan fingerprint density at radius 3 is 2.21 bits per heavy atom. The summed E-state index contributed by atoms with van der Waals surface area (Å²) in [6.45, 7) is 5.07. The standard InChI is InChI=1S/C13H20N2O3S/c1-4-13(3,14)12(16)15-10-6-8-11(9-7-10)19(17,18)5-2/h6-9H,4-5,14H2,1-3H3,(H,15,16). The van der Waals surface area contributed by atoms with E-state index in [-0.39, 0.29) is 16.6 Å². The third-order valence-corrected chi connectivity index (χ3v) is 4.85. The molecule has 0 spiro atoms. The van der Waals surface area contributed by atoms with E-state index >= 15 is 0 Å². The van der Waals surface area contributed by atoms with E-state index in [2.05, 4.69) is 5.32 Å². The largest absolute Gasteiger partial charge is 0.325 e. The molecule has 0 saturated carbocycles. The lowest BCUT2D eigenvalue weighted by molar-refractivity contribution is -0.120. The second-order valence-electron chi connectivity index (χ2n) is 4.65. The topological polar surface area (TPSA) is 89.3 Å². The van der Waals surface area contributed by atoms with Gasteiger partial charge in [0.1, 0.15) is 0 Å². The second kappa shape index (κ2) is 5.71. The molecule has 0 saturated heterocycles. The summed E-state index contributed by atoms with van der Waals surface area (Å²) in [4.78, 5) is 12.1. The van der Waals surface area contributed by atoms with Gasteiger partial charge in [0.25, 0.3) is 0 Å². The van der Waals surface area contributed by atoms with Gasteiger partial charge in [0.05, 0.1) is 16.2 Å². The molecule has 106 valence electrons. The van der Waals surface area contributed by atoms with Gasteiger partial charge in [-0.2, -0.15) is 0 Å². The summed E-state index contributed by atoms with van der Waals surface area (Å²) in [6.07, 6.45) is 0.515. The van der Waals surface area contributed by atoms with Gasteiger partial charge < -0.3 is 11.1 Å². The Bertz CT molecular complexity index is 548. The summed E-state index contributed by atoms with van der Waals surface area (Å²) in [5.74, 6) is -0.240. The number of benzene rings is 1. The summed E-state index contributed by atoms with van der Waals surface area (Å²) in [6, 6.07) is 6.08. The predicted molar refractivity (Wildman–Crippen MR) is 75.7 cm³/mol. The highest BCUT2D eigenvalue weighted by atomic mass is 32.2. The summed E-state index contributed by atoms with van der Waals surface area (Å²) >= 11 is 0. The van der Waals surface area contributed by atoms with Crippen molar-refractivity contribution in [3.8, 4) is 0 Å². The van der Waals surface area contributed by atoms with Crippen molar-refractivity contribution >= 4 is 21.4 Å². The number of amides is 1. The number of anilines is 1. The number of carbonyl (C=O) groups excluding carboxylic acids is 1. The second-order valence-corrected chi connectivity index (χ2v) is 6.93. The zero-order valence-corrected chi connectivity index (χ0v) is 12.3. The number of rotatable bonds is 5. The molecule has 0 aliphatic heterocycles. The number of hydrogen-bond donors (Lipinski definition) is 2. The average Bonchev–Trinajstić information content (AvgIpc) is 2.39. The molecule has 0 aliphatic rings. The van der Waals surface area contributed by atoms with Crippen molar-refractivity contribution in [1.82, 2.24) is 0 Å². The van der Waals surface area contributed by atoms with E-state index in [4.69, 9.17) is 5.73 Å². The molecule has 0 fully saturated rings. The summed E-state index contributed by atoms with van der Waals surface area (Å²) in [5.41, 5.74) is 5.42. The number of nitrogens with one attached hydrogen (secondary N) is 1. The molecule has 1 amide bonds. The number of sulfone groups is 1. The lowest BCUT2D eigenvalue weighted by atomic mass is 9.99. The molecule has 1 aromatic carbocycles. The number of carbonyl (C=O) groups is 1. The molecule has 19 heavy (non-hydrogen) atoms. The lowest BCUT2D eigenvalue weighted by Crippen LogP contribution is -2.47. The highest BCUT2D eigenvalue weighted by Crippen LogP contribution is 2.17. The van der Waals surface area contributed by atoms with Crippen molar-refractivity contribution in [3.63, 3.8) is 0 Å². The fraction of sp³-hybridized carbons (Fsp3) is 0.462. The normalized spacial score (nSPS) is 14.7. The van der Waals surface area contributed by atoms with Crippen molar-refractivity contribution < 1.29 is 13.2 Å². The first-order valence-electron chi connectivity index (χ1n) is 6.16. The van der Waals surface area contributed by atoms with Crippen LogP contribution in [0.5, 0.6) is 0 Å². The van der Waals surface area contributed by atoms with Crippen LogP contribution in [0.25, 0.3) is 0 Å². The molecule has 1 aromatic rings. The van der Waals surface area contributed by atoms with E-state index in [1.165, 1.54) is 12.1 Å². The highest BCUT2D eigenvalue weighted by molar-refractivity contribution is 7.91. The number of hydrogen-bond acceptors (Lipinski definition) is 4. The van der Waals surface area contributed by atoms with E-state index in [1.807, 2.05) is 6.92 Å². The fourth-order valence-electron chi connectivity index (χ4n) is 1.35. The van der Waals surface area contributed by atoms with Crippen LogP contribution in [0.2, 0.25) is 0 Å². The predicted octanol–water partition coefficient (Wildman–Crippen LogP) is 1.55. The van der Waals surface area contributed by atoms with Gasteiger partial charge in [0.15, 0.2) is 9.84 Å². The molecule has 0 aromatic heterocycles. The number of nitrogens with two attached hydrogens (primary N) is 1. The molecule has 5 nitrogen and oxygen atoms in total. The quantitative estimate of drug-likeness (QED) is 0.858. The molecule has 0 radical (unpaired) electrons. The first-order chi connectivity index (χ1) is 8.73. The maximum atomic E-state index is 11.8. The first-order valence-corrected chi connectivity index (χ1v) is 7.81. The Kier molecular flexibility index (Phi) is 4.70. The van der Waals surface area contributed by atoms with Crippen molar-refractivity contribution in [3.05, 3.63) is 24.3 Å². The molecule has 0 aliphatic carbocycles. The van der Waals surface area contributed by atoms with Gasteiger partial charge in [-0.25, -0.2) is 8.42 Å². The van der Waals surface area contributed by atoms with Crippen LogP contribution in [0, 0.1) is 0 Å². The third-order valence-electron chi connectivity index (χ3n) is 3.10. The first kappa shape index (κ1) is 15.7. The van der Waals surface area contributed by atoms with Crippen LogP contribution in [0.3, 0.4) is 0 Å². The van der Waals surface area contributed by atoms with Crippen molar-refractivity contribution in [2.45, 2.75) is 37.6 Å². The molecule has 1 rings (SSSR count). The van der Waals surface area contributed by atoms with Gasteiger partial charge in [-0.3, -0.25) is 4.79 Å². The minimum Gasteiger partial charge on any atom is -0.325 e. The van der Waals surface area contributed by atoms with E-state index in [1.54, 1.807) is 26.0 Å². The molecule has 0 heterocycles. The average molecular weight is 284 g/mol. The van der Waals surface area contributed by atoms with Crippen molar-refractivity contribution in [2.24, 2.45) is 5.73 Å². The molecule has 3 N–H and O–H groups in total. The minimum absolute atomic E-state index is 0.0510. The monoisotopic (exact) mass is 284 g/mol. The van der Waals surface area contributed by atoms with Gasteiger partial charge in [-0.15, -0.1) is 0 Å². The summed E-state index contributed by atoms with van der Waals surface area (Å²) < 4.78 is 23.3. The van der Waals surface area contributed by atoms with E-state index in [9.17, 15) is 13.2 Å². The maximum absolute atomic E-state index is 11.8. The zero-order chi connectivity index (χ0) is 14.7. The van der Waals surface area contributed by atoms with Crippen molar-refractivity contribution in [1.29, 1.82) is 0 Å². The molecule has 0 bridgehead atoms. The van der Waals surface area contributed by atoms with E-state index < -0.39 is 15.4 Å². The zero-order valence-electron chi connectivity index (χ0n) is 11.4. The van der Waals surface area contributed by atoms with Gasteiger partial charge in [0, 0.05) is 5.69 Å². The Morgan fingerprint density at radius 1 is 1.26 bits per heavy atom. The molecule has 1 atom stereocenters. The highest BCUT2D eigenvalue weighted by Gasteiger charge is 2.25. The Morgan fingerprint density at radius 2 is 1.79 bits per heavy atom. The van der Waals surface area contributed by atoms with Crippen molar-refractivity contribution in [2.75, 3.05) is 11.1 Å². The lowest BCUT2D eigenvalue weighted by Gasteiger charge is -2.21. The molecular weight excluding hydrogens is 264 g/mol. The van der Waals surface area contributed by atoms with Gasteiger partial charge in [-0.1, -0.05) is 13.8 Å². The Labute approximate surface area is 114 Å². The fourth-order valence-corrected chi connectivity index (χ4v) is 2.23. The summed E-state index contributed by atoms with van der Waals surface area (Å²) in [7, 11) is -3.21. The summed E-state index contributed by atoms with van der Waals surface area (Å²) in [5, 5.41) is 2.67. The maximum Gasteiger partial charge on any atom is 0.244 e.